The molecule has 156 valence electrons. The van der Waals surface area contributed by atoms with Crippen molar-refractivity contribution in [3.8, 4) is 0 Å². The zero-order valence-corrected chi connectivity index (χ0v) is 18.9. The number of hydrogen-bond donors (Lipinski definition) is 1. The third-order valence-corrected chi connectivity index (χ3v) is 10.8. The topological polar surface area (TPSA) is 58.0 Å². The molecule has 0 amide bonds. The summed E-state index contributed by atoms with van der Waals surface area (Å²) >= 11 is 1.51. The van der Waals surface area contributed by atoms with Gasteiger partial charge in [0, 0.05) is 25.0 Å². The van der Waals surface area contributed by atoms with Crippen molar-refractivity contribution in [2.45, 2.75) is 79.1 Å². The van der Waals surface area contributed by atoms with Crippen LogP contribution in [0.15, 0.2) is 0 Å². The number of thioether (sulfide) groups is 1. The highest BCUT2D eigenvalue weighted by molar-refractivity contribution is 8.13. The number of carbonyl (C=O) groups excluding carboxylic acids is 2. The highest BCUT2D eigenvalue weighted by atomic mass is 32.2. The first-order chi connectivity index (χ1) is 13.2. The zero-order valence-electron chi connectivity index (χ0n) is 18.1. The average molecular weight is 404 g/mol. The lowest BCUT2D eigenvalue weighted by Crippen LogP contribution is -2.56. The molecular weight excluding hydrogens is 366 g/mol. The van der Waals surface area contributed by atoms with Gasteiger partial charge in [-0.25, -0.2) is 0 Å². The zero-order chi connectivity index (χ0) is 20.3. The molecule has 8 atom stereocenters. The molecule has 0 aromatic rings. The molecule has 0 radical (unpaired) electrons. The Balaban J connectivity index is 1.54. The number of Topliss-reactive ketones (excluding diaryl/α,β-unsaturated/α-hetero) is 1. The second-order valence-corrected chi connectivity index (χ2v) is 12.1. The molecule has 0 aliphatic heterocycles. The van der Waals surface area contributed by atoms with E-state index in [1.807, 2.05) is 0 Å². The minimum absolute atomic E-state index is 0.110. The van der Waals surface area contributed by atoms with Crippen LogP contribution >= 0.6 is 11.8 Å². The molecule has 0 heterocycles. The van der Waals surface area contributed by atoms with Gasteiger partial charge < -0.3 is 5.41 Å². The van der Waals surface area contributed by atoms with E-state index in [4.69, 9.17) is 5.41 Å². The first-order valence-corrected chi connectivity index (χ1v) is 12.4. The average Bonchev–Trinajstić information content (AvgIpc) is 3.00. The van der Waals surface area contributed by atoms with E-state index >= 15 is 0 Å². The predicted molar refractivity (Wildman–Crippen MR) is 116 cm³/mol. The van der Waals surface area contributed by atoms with E-state index in [2.05, 4.69) is 20.8 Å². The number of rotatable bonds is 3. The summed E-state index contributed by atoms with van der Waals surface area (Å²) in [6.07, 6.45) is 9.08. The van der Waals surface area contributed by atoms with Crippen molar-refractivity contribution in [2.24, 2.45) is 46.3 Å². The number of hydrogen-bond acceptors (Lipinski definition) is 4. The van der Waals surface area contributed by atoms with E-state index in [0.29, 0.717) is 29.4 Å². The summed E-state index contributed by atoms with van der Waals surface area (Å²) < 4.78 is 0. The summed E-state index contributed by atoms with van der Waals surface area (Å²) in [7, 11) is 0. The molecule has 4 aliphatic rings. The van der Waals surface area contributed by atoms with E-state index in [1.165, 1.54) is 43.9 Å². The van der Waals surface area contributed by atoms with Gasteiger partial charge in [0.1, 0.15) is 0 Å². The first-order valence-electron chi connectivity index (χ1n) is 11.4. The van der Waals surface area contributed by atoms with E-state index < -0.39 is 0 Å². The van der Waals surface area contributed by atoms with Crippen LogP contribution < -0.4 is 0 Å². The third kappa shape index (κ3) is 3.04. The first kappa shape index (κ1) is 20.6. The molecular formula is C24H37NO2S. The molecule has 4 rings (SSSR count). The molecule has 4 aliphatic carbocycles. The Morgan fingerprint density at radius 3 is 2.54 bits per heavy atom. The van der Waals surface area contributed by atoms with Crippen LogP contribution in [-0.4, -0.2) is 22.4 Å². The van der Waals surface area contributed by atoms with Crippen LogP contribution in [0.1, 0.15) is 79.1 Å². The fourth-order valence-electron chi connectivity index (χ4n) is 8.34. The molecule has 4 saturated carbocycles. The Morgan fingerprint density at radius 2 is 1.82 bits per heavy atom. The molecule has 0 bridgehead atoms. The van der Waals surface area contributed by atoms with Crippen molar-refractivity contribution in [1.29, 1.82) is 5.41 Å². The number of fused-ring (bicyclic) bond motifs is 5. The van der Waals surface area contributed by atoms with E-state index in [9.17, 15) is 9.59 Å². The molecule has 28 heavy (non-hydrogen) atoms. The maximum atomic E-state index is 12.2. The second kappa shape index (κ2) is 7.25. The Labute approximate surface area is 174 Å². The molecule has 2 unspecified atom stereocenters. The normalized spacial score (nSPS) is 46.5. The van der Waals surface area contributed by atoms with Crippen LogP contribution in [0, 0.1) is 51.7 Å². The van der Waals surface area contributed by atoms with Gasteiger partial charge >= 0.3 is 0 Å². The molecule has 0 aromatic carbocycles. The number of nitrogens with one attached hydrogen (secondary N) is 1. The van der Waals surface area contributed by atoms with Gasteiger partial charge in [-0.3, -0.25) is 9.59 Å². The lowest BCUT2D eigenvalue weighted by Gasteiger charge is -2.60. The minimum atomic E-state index is 0.110. The van der Waals surface area contributed by atoms with Crippen molar-refractivity contribution >= 4 is 28.4 Å². The van der Waals surface area contributed by atoms with E-state index in [-0.39, 0.29) is 22.2 Å². The Hall–Kier alpha value is -0.640. The maximum Gasteiger partial charge on any atom is 0.185 e. The van der Waals surface area contributed by atoms with Gasteiger partial charge in [0.05, 0.1) is 5.71 Å². The highest BCUT2D eigenvalue weighted by Crippen LogP contribution is 2.67. The van der Waals surface area contributed by atoms with Crippen LogP contribution in [0.2, 0.25) is 0 Å². The Bertz CT molecular complexity index is 690. The van der Waals surface area contributed by atoms with Gasteiger partial charge in [-0.15, -0.1) is 0 Å². The van der Waals surface area contributed by atoms with Crippen LogP contribution in [-0.2, 0) is 9.59 Å². The summed E-state index contributed by atoms with van der Waals surface area (Å²) in [6, 6.07) is 0. The standard InChI is InChI=1S/C24H37NO2S/c1-14(13-28-15(2)26)17-7-8-18-16-5-6-20-22(25)21(27)10-12-24(20,4)19(16)9-11-23(17,18)3/h14,16-20,25H,5-13H2,1-4H3/t14?,16-,17+,18-,19-,20?,23+,24+/m0/s1. The Kier molecular flexibility index (Phi) is 5.34. The van der Waals surface area contributed by atoms with Gasteiger partial charge in [0.25, 0.3) is 0 Å². The maximum absolute atomic E-state index is 12.2. The molecule has 0 aromatic heterocycles. The highest BCUT2D eigenvalue weighted by Gasteiger charge is 2.61. The molecule has 1 N–H and O–H groups in total. The third-order valence-electron chi connectivity index (χ3n) is 9.72. The summed E-state index contributed by atoms with van der Waals surface area (Å²) in [5, 5.41) is 8.67. The molecule has 0 saturated heterocycles. The molecule has 4 fully saturated rings. The molecule has 0 spiro atoms. The van der Waals surface area contributed by atoms with Crippen LogP contribution in [0.4, 0.5) is 0 Å². The van der Waals surface area contributed by atoms with Crippen molar-refractivity contribution in [3.63, 3.8) is 0 Å². The number of ketones is 1. The largest absolute Gasteiger partial charge is 0.301 e. The lowest BCUT2D eigenvalue weighted by atomic mass is 9.44. The fraction of sp³-hybridized carbons (Fsp3) is 0.875. The quantitative estimate of drug-likeness (QED) is 0.652. The smallest absolute Gasteiger partial charge is 0.185 e. The van der Waals surface area contributed by atoms with Gasteiger partial charge in [-0.1, -0.05) is 32.5 Å². The van der Waals surface area contributed by atoms with Crippen LogP contribution in [0.5, 0.6) is 0 Å². The second-order valence-electron chi connectivity index (χ2n) is 10.9. The molecule has 3 nitrogen and oxygen atoms in total. The predicted octanol–water partition coefficient (Wildman–Crippen LogP) is 5.76. The summed E-state index contributed by atoms with van der Waals surface area (Å²) in [5.41, 5.74) is 1.03. The molecule has 4 heteroatoms. The lowest BCUT2D eigenvalue weighted by molar-refractivity contribution is -0.122. The summed E-state index contributed by atoms with van der Waals surface area (Å²) in [4.78, 5) is 23.6. The van der Waals surface area contributed by atoms with Gasteiger partial charge in [0.2, 0.25) is 0 Å². The van der Waals surface area contributed by atoms with Crippen molar-refractivity contribution in [3.05, 3.63) is 0 Å². The van der Waals surface area contributed by atoms with Gasteiger partial charge in [-0.2, -0.15) is 0 Å². The summed E-state index contributed by atoms with van der Waals surface area (Å²) in [5.74, 6) is 4.90. The van der Waals surface area contributed by atoms with Crippen LogP contribution in [0.25, 0.3) is 0 Å². The number of carbonyl (C=O) groups is 2. The fourth-order valence-corrected chi connectivity index (χ4v) is 9.07. The van der Waals surface area contributed by atoms with E-state index in [0.717, 1.165) is 36.3 Å². The van der Waals surface area contributed by atoms with Gasteiger partial charge in [0.15, 0.2) is 10.9 Å². The van der Waals surface area contributed by atoms with E-state index in [1.54, 1.807) is 6.92 Å². The van der Waals surface area contributed by atoms with Crippen molar-refractivity contribution < 1.29 is 9.59 Å². The monoisotopic (exact) mass is 403 g/mol. The van der Waals surface area contributed by atoms with Crippen molar-refractivity contribution in [2.75, 3.05) is 5.75 Å². The Morgan fingerprint density at radius 1 is 1.11 bits per heavy atom. The van der Waals surface area contributed by atoms with Crippen LogP contribution in [0.3, 0.4) is 0 Å². The summed E-state index contributed by atoms with van der Waals surface area (Å²) in [6.45, 7) is 9.03. The van der Waals surface area contributed by atoms with Crippen molar-refractivity contribution in [1.82, 2.24) is 0 Å². The van der Waals surface area contributed by atoms with Gasteiger partial charge in [-0.05, 0) is 85.4 Å². The SMILES string of the molecule is CC(=O)SCC(C)[C@H]1CC[C@H]2[C@@H]3CCC4C(=N)C(=O)CC[C@]4(C)[C@H]3CC[C@]12C. The minimum Gasteiger partial charge on any atom is -0.301 e.